The van der Waals surface area contributed by atoms with Crippen LogP contribution in [0.1, 0.15) is 71.1 Å². The monoisotopic (exact) mass is 270 g/mol. The number of carbonyl (C=O) groups is 1. The molecule has 0 aliphatic rings. The van der Waals surface area contributed by atoms with Crippen molar-refractivity contribution in [3.63, 3.8) is 0 Å². The van der Waals surface area contributed by atoms with Crippen LogP contribution in [-0.2, 0) is 14.3 Å². The van der Waals surface area contributed by atoms with E-state index in [0.717, 1.165) is 12.8 Å². The quantitative estimate of drug-likeness (QED) is 0.263. The summed E-state index contributed by atoms with van der Waals surface area (Å²) in [6, 6.07) is 0. The van der Waals surface area contributed by atoms with Crippen LogP contribution in [0.2, 0.25) is 0 Å². The summed E-state index contributed by atoms with van der Waals surface area (Å²) in [6.45, 7) is 6.37. The number of ether oxygens (including phenoxy) is 2. The van der Waals surface area contributed by atoms with E-state index in [9.17, 15) is 4.79 Å². The molecule has 0 aromatic rings. The summed E-state index contributed by atoms with van der Waals surface area (Å²) in [6.07, 6.45) is 13.2. The molecule has 112 valence electrons. The number of esters is 1. The lowest BCUT2D eigenvalue weighted by atomic mass is 10.1. The third-order valence-corrected chi connectivity index (χ3v) is 3.07. The lowest BCUT2D eigenvalue weighted by Crippen LogP contribution is -2.08. The van der Waals surface area contributed by atoms with Gasteiger partial charge in [0.2, 0.25) is 0 Å². The Morgan fingerprint density at radius 3 is 2.11 bits per heavy atom. The van der Waals surface area contributed by atoms with E-state index in [4.69, 9.17) is 9.47 Å². The van der Waals surface area contributed by atoms with E-state index < -0.39 is 0 Å². The fraction of sp³-hybridized carbons (Fsp3) is 0.812. The van der Waals surface area contributed by atoms with Crippen molar-refractivity contribution in [2.45, 2.75) is 71.1 Å². The minimum atomic E-state index is -0.115. The summed E-state index contributed by atoms with van der Waals surface area (Å²) >= 11 is 0. The molecule has 0 fully saturated rings. The van der Waals surface area contributed by atoms with Crippen molar-refractivity contribution in [2.75, 3.05) is 13.2 Å². The topological polar surface area (TPSA) is 35.5 Å². The first kappa shape index (κ1) is 18.0. The summed E-state index contributed by atoms with van der Waals surface area (Å²) in [5.41, 5.74) is 0. The fourth-order valence-electron chi connectivity index (χ4n) is 1.94. The van der Waals surface area contributed by atoms with Crippen molar-refractivity contribution >= 4 is 5.97 Å². The van der Waals surface area contributed by atoms with Crippen molar-refractivity contribution in [1.29, 1.82) is 0 Å². The molecule has 0 heterocycles. The van der Waals surface area contributed by atoms with Crippen LogP contribution in [-0.4, -0.2) is 19.2 Å². The van der Waals surface area contributed by atoms with Crippen molar-refractivity contribution < 1.29 is 14.3 Å². The molecule has 19 heavy (non-hydrogen) atoms. The molecular formula is C16H30O3. The zero-order valence-corrected chi connectivity index (χ0v) is 12.5. The Balaban J connectivity index is 3.12. The molecule has 0 rings (SSSR count). The molecule has 0 N–H and O–H groups in total. The molecule has 0 amide bonds. The summed E-state index contributed by atoms with van der Waals surface area (Å²) in [7, 11) is 0. The van der Waals surface area contributed by atoms with Crippen molar-refractivity contribution in [3.8, 4) is 0 Å². The van der Waals surface area contributed by atoms with Gasteiger partial charge in [0.25, 0.3) is 0 Å². The van der Waals surface area contributed by atoms with Crippen LogP contribution in [0, 0.1) is 0 Å². The van der Waals surface area contributed by atoms with Crippen molar-refractivity contribution in [2.24, 2.45) is 0 Å². The Bertz CT molecular complexity index is 214. The van der Waals surface area contributed by atoms with Crippen molar-refractivity contribution in [3.05, 3.63) is 12.8 Å². The van der Waals surface area contributed by atoms with Gasteiger partial charge in [-0.25, -0.2) is 0 Å². The molecule has 0 bridgehead atoms. The molecule has 0 aliphatic carbocycles. The Kier molecular flexibility index (Phi) is 14.3. The summed E-state index contributed by atoms with van der Waals surface area (Å²) in [4.78, 5) is 11.3. The van der Waals surface area contributed by atoms with Crippen molar-refractivity contribution in [1.82, 2.24) is 0 Å². The third kappa shape index (κ3) is 15.0. The lowest BCUT2D eigenvalue weighted by Gasteiger charge is -2.04. The molecule has 3 heteroatoms. The number of hydrogen-bond donors (Lipinski definition) is 0. The first-order chi connectivity index (χ1) is 9.31. The highest BCUT2D eigenvalue weighted by atomic mass is 16.6. The molecule has 0 saturated heterocycles. The molecule has 0 aromatic heterocycles. The largest absolute Gasteiger partial charge is 0.498 e. The Hall–Kier alpha value is -0.990. The molecule has 0 radical (unpaired) electrons. The van der Waals surface area contributed by atoms with Gasteiger partial charge in [-0.15, -0.1) is 0 Å². The summed E-state index contributed by atoms with van der Waals surface area (Å²) < 4.78 is 9.87. The van der Waals surface area contributed by atoms with Gasteiger partial charge in [0, 0.05) is 6.42 Å². The molecule has 0 aromatic carbocycles. The van der Waals surface area contributed by atoms with Crippen LogP contribution in [0.5, 0.6) is 0 Å². The van der Waals surface area contributed by atoms with E-state index in [2.05, 4.69) is 13.5 Å². The van der Waals surface area contributed by atoms with Gasteiger partial charge in [-0.1, -0.05) is 64.9 Å². The highest BCUT2D eigenvalue weighted by Crippen LogP contribution is 2.10. The highest BCUT2D eigenvalue weighted by Gasteiger charge is 2.02. The van der Waals surface area contributed by atoms with Gasteiger partial charge in [0.1, 0.15) is 13.2 Å². The van der Waals surface area contributed by atoms with Crippen LogP contribution in [0.15, 0.2) is 12.8 Å². The second kappa shape index (κ2) is 15.1. The molecule has 0 spiro atoms. The maximum Gasteiger partial charge on any atom is 0.305 e. The molecule has 0 unspecified atom stereocenters. The Morgan fingerprint density at radius 2 is 1.53 bits per heavy atom. The van der Waals surface area contributed by atoms with Gasteiger partial charge < -0.3 is 9.47 Å². The average molecular weight is 270 g/mol. The number of rotatable bonds is 14. The van der Waals surface area contributed by atoms with Crippen LogP contribution < -0.4 is 0 Å². The second-order valence-corrected chi connectivity index (χ2v) is 4.84. The van der Waals surface area contributed by atoms with Crippen LogP contribution in [0.25, 0.3) is 0 Å². The zero-order chi connectivity index (χ0) is 14.2. The number of hydrogen-bond acceptors (Lipinski definition) is 3. The van der Waals surface area contributed by atoms with Crippen LogP contribution in [0.4, 0.5) is 0 Å². The number of carbonyl (C=O) groups excluding carboxylic acids is 1. The van der Waals surface area contributed by atoms with E-state index in [0.29, 0.717) is 19.6 Å². The molecule has 0 aliphatic heterocycles. The minimum absolute atomic E-state index is 0.115. The molecule has 0 atom stereocenters. The van der Waals surface area contributed by atoms with E-state index in [-0.39, 0.29) is 5.97 Å². The average Bonchev–Trinajstić information content (AvgIpc) is 2.42. The van der Waals surface area contributed by atoms with E-state index in [1.54, 1.807) is 0 Å². The van der Waals surface area contributed by atoms with Gasteiger partial charge >= 0.3 is 5.97 Å². The van der Waals surface area contributed by atoms with E-state index in [1.165, 1.54) is 51.2 Å². The predicted molar refractivity (Wildman–Crippen MR) is 79.0 cm³/mol. The Morgan fingerprint density at radius 1 is 0.947 bits per heavy atom. The number of unbranched alkanes of at least 4 members (excludes halogenated alkanes) is 8. The maximum atomic E-state index is 11.3. The molecular weight excluding hydrogens is 240 g/mol. The zero-order valence-electron chi connectivity index (χ0n) is 12.5. The standard InChI is InChI=1S/C16H30O3/c1-3-5-6-7-8-9-10-11-12-13-16(17)19-15-14-18-4-2/h4H,2-3,5-15H2,1H3. The van der Waals surface area contributed by atoms with Crippen LogP contribution >= 0.6 is 0 Å². The SMILES string of the molecule is C=COCCOC(=O)CCCCCCCCCCC. The molecule has 3 nitrogen and oxygen atoms in total. The predicted octanol–water partition coefficient (Wildman–Crippen LogP) is 4.61. The maximum absolute atomic E-state index is 11.3. The van der Waals surface area contributed by atoms with Gasteiger partial charge in [-0.2, -0.15) is 0 Å². The first-order valence-corrected chi connectivity index (χ1v) is 7.69. The van der Waals surface area contributed by atoms with Crippen LogP contribution in [0.3, 0.4) is 0 Å². The van der Waals surface area contributed by atoms with Gasteiger partial charge in [-0.05, 0) is 6.42 Å². The lowest BCUT2D eigenvalue weighted by molar-refractivity contribution is -0.144. The first-order valence-electron chi connectivity index (χ1n) is 7.69. The molecule has 0 saturated carbocycles. The minimum Gasteiger partial charge on any atom is -0.498 e. The smallest absolute Gasteiger partial charge is 0.305 e. The fourth-order valence-corrected chi connectivity index (χ4v) is 1.94. The highest BCUT2D eigenvalue weighted by molar-refractivity contribution is 5.69. The summed E-state index contributed by atoms with van der Waals surface area (Å²) in [5.74, 6) is -0.115. The van der Waals surface area contributed by atoms with Gasteiger partial charge in [0.15, 0.2) is 0 Å². The van der Waals surface area contributed by atoms with E-state index >= 15 is 0 Å². The normalized spacial score (nSPS) is 10.2. The van der Waals surface area contributed by atoms with Gasteiger partial charge in [-0.3, -0.25) is 4.79 Å². The summed E-state index contributed by atoms with van der Waals surface area (Å²) in [5, 5.41) is 0. The van der Waals surface area contributed by atoms with Gasteiger partial charge in [0.05, 0.1) is 6.26 Å². The Labute approximate surface area is 118 Å². The van der Waals surface area contributed by atoms with E-state index in [1.807, 2.05) is 0 Å². The second-order valence-electron chi connectivity index (χ2n) is 4.84. The third-order valence-electron chi connectivity index (χ3n) is 3.07.